The lowest BCUT2D eigenvalue weighted by atomic mass is 9.61. The lowest BCUT2D eigenvalue weighted by Crippen LogP contribution is -2.37. The first-order valence-electron chi connectivity index (χ1n) is 51.2. The Morgan fingerprint density at radius 1 is 0.259 bits per heavy atom. The number of hydrogen-bond acceptors (Lipinski definition) is 0. The normalized spacial score (nSPS) is 52.0. The van der Waals surface area contributed by atoms with Crippen LogP contribution in [0.2, 0.25) is 0 Å². The maximum Gasteiger partial charge on any atom is -0.0266 e. The minimum absolute atomic E-state index is 0.705. The maximum atomic E-state index is 2.61. The molecule has 22 aliphatic carbocycles. The van der Waals surface area contributed by atoms with E-state index >= 15 is 0 Å². The second kappa shape index (κ2) is 33.0. The fraction of sp³-hybridized carbons (Fsp3) is 1.00. The molecule has 22 rings (SSSR count). The van der Waals surface area contributed by atoms with Gasteiger partial charge >= 0.3 is 0 Å². The summed E-state index contributed by atoms with van der Waals surface area (Å²) in [6.07, 6.45) is 72.1. The topological polar surface area (TPSA) is 0 Å². The summed E-state index contributed by atoms with van der Waals surface area (Å²) in [6.45, 7) is 54.2. The Morgan fingerprint density at radius 2 is 0.611 bits per heavy atom. The summed E-state index contributed by atoms with van der Waals surface area (Å²) < 4.78 is 0. The summed E-state index contributed by atoms with van der Waals surface area (Å²) in [6, 6.07) is 0. The van der Waals surface area contributed by atoms with Crippen LogP contribution in [-0.4, -0.2) is 0 Å². The molecule has 0 aromatic carbocycles. The largest absolute Gasteiger partial charge is 0.0654 e. The molecule has 28 unspecified atom stereocenters. The Bertz CT molecular complexity index is 2880. The van der Waals surface area contributed by atoms with Gasteiger partial charge in [0.05, 0.1) is 0 Å². The van der Waals surface area contributed by atoms with E-state index in [9.17, 15) is 0 Å². The summed E-state index contributed by atoms with van der Waals surface area (Å²) >= 11 is 0. The third-order valence-electron chi connectivity index (χ3n) is 45.0. The Balaban J connectivity index is 0.000000102. The van der Waals surface area contributed by atoms with Crippen LogP contribution in [0.5, 0.6) is 0 Å². The highest BCUT2D eigenvalue weighted by atomic mass is 14.7. The van der Waals surface area contributed by atoms with Gasteiger partial charge in [-0.15, -0.1) is 0 Å². The molecule has 35 atom stereocenters. The van der Waals surface area contributed by atoms with Crippen LogP contribution in [0.25, 0.3) is 0 Å². The molecule has 0 aromatic rings. The minimum Gasteiger partial charge on any atom is -0.0654 e. The van der Waals surface area contributed by atoms with Crippen LogP contribution < -0.4 is 0 Å². The molecule has 22 fully saturated rings. The molecule has 0 saturated heterocycles. The highest BCUT2D eigenvalue weighted by Crippen LogP contribution is 2.72. The van der Waals surface area contributed by atoms with Gasteiger partial charge in [-0.05, 0) is 432 Å². The first-order chi connectivity index (χ1) is 51.2. The first kappa shape index (κ1) is 84.5. The maximum absolute atomic E-state index is 2.61. The van der Waals surface area contributed by atoms with E-state index in [0.717, 1.165) is 187 Å². The highest BCUT2D eigenvalue weighted by molar-refractivity contribution is 5.13. The monoisotopic (exact) mass is 1490 g/mol. The predicted octanol–water partition coefficient (Wildman–Crippen LogP) is 33.3. The molecule has 0 aliphatic heterocycles. The fourth-order valence-electron chi connectivity index (χ4n) is 37.1. The third kappa shape index (κ3) is 15.9. The molecule has 22 aliphatic rings. The zero-order chi connectivity index (χ0) is 77.1. The lowest BCUT2D eigenvalue weighted by molar-refractivity contribution is 0.0447. The van der Waals surface area contributed by atoms with Gasteiger partial charge in [-0.3, -0.25) is 0 Å². The van der Waals surface area contributed by atoms with Gasteiger partial charge in [0.15, 0.2) is 0 Å². The molecule has 0 radical (unpaired) electrons. The molecule has 0 heterocycles. The van der Waals surface area contributed by atoms with Crippen LogP contribution in [-0.2, 0) is 0 Å². The van der Waals surface area contributed by atoms with Crippen molar-refractivity contribution in [3.8, 4) is 0 Å². The van der Waals surface area contributed by atoms with E-state index in [0.29, 0.717) is 27.1 Å². The summed E-state index contributed by atoms with van der Waals surface area (Å²) in [7, 11) is 0. The Morgan fingerprint density at radius 3 is 0.972 bits per heavy atom. The Labute approximate surface area is 676 Å². The molecule has 0 heteroatoms. The molecular weight excluding hydrogens is 1300 g/mol. The Hall–Kier alpha value is 0. The van der Waals surface area contributed by atoms with E-state index in [1.54, 1.807) is 180 Å². The predicted molar refractivity (Wildman–Crippen MR) is 468 cm³/mol. The van der Waals surface area contributed by atoms with Gasteiger partial charge in [0.25, 0.3) is 0 Å². The van der Waals surface area contributed by atoms with E-state index in [1.165, 1.54) is 134 Å². The van der Waals surface area contributed by atoms with E-state index in [2.05, 4.69) is 152 Å². The van der Waals surface area contributed by atoms with Gasteiger partial charge in [-0.1, -0.05) is 249 Å². The van der Waals surface area contributed by atoms with Gasteiger partial charge in [0, 0.05) is 0 Å². The van der Waals surface area contributed by atoms with Crippen LogP contribution in [0.4, 0.5) is 0 Å². The van der Waals surface area contributed by atoms with Gasteiger partial charge < -0.3 is 0 Å². The average molecular weight is 1490 g/mol. The Kier molecular flexibility index (Phi) is 25.8. The van der Waals surface area contributed by atoms with Crippen molar-refractivity contribution in [2.45, 2.75) is 454 Å². The summed E-state index contributed by atoms with van der Waals surface area (Å²) in [5.41, 5.74) is 6.53. The molecular formula is C108H190. The summed E-state index contributed by atoms with van der Waals surface area (Å²) in [5.74, 6) is 32.9. The van der Waals surface area contributed by atoms with Crippen molar-refractivity contribution >= 4 is 0 Å². The molecule has 0 N–H and O–H groups in total. The smallest absolute Gasteiger partial charge is 0.0266 e. The molecule has 0 aromatic heterocycles. The zero-order valence-corrected chi connectivity index (χ0v) is 77.1. The number of fused-ring (bicyclic) bond motifs is 30. The van der Waals surface area contributed by atoms with Crippen molar-refractivity contribution in [1.29, 1.82) is 0 Å². The van der Waals surface area contributed by atoms with E-state index in [1.807, 2.05) is 0 Å². The van der Waals surface area contributed by atoms with Crippen molar-refractivity contribution in [1.82, 2.24) is 0 Å². The van der Waals surface area contributed by atoms with Crippen molar-refractivity contribution in [3.63, 3.8) is 0 Å². The lowest BCUT2D eigenvalue weighted by Gasteiger charge is -2.44. The van der Waals surface area contributed by atoms with Crippen molar-refractivity contribution in [2.75, 3.05) is 0 Å². The van der Waals surface area contributed by atoms with Crippen LogP contribution in [0, 0.1) is 226 Å². The van der Waals surface area contributed by atoms with Crippen LogP contribution in [0.1, 0.15) is 454 Å². The van der Waals surface area contributed by atoms with Gasteiger partial charge in [0.1, 0.15) is 0 Å². The third-order valence-corrected chi connectivity index (χ3v) is 45.0. The number of unbranched alkanes of at least 4 members (excludes halogenated alkanes) is 1. The quantitative estimate of drug-likeness (QED) is 0.193. The summed E-state index contributed by atoms with van der Waals surface area (Å²) in [5, 5.41) is 0. The number of rotatable bonds is 11. The average Bonchev–Trinajstić information content (AvgIpc) is 1.58. The second-order valence-electron chi connectivity index (χ2n) is 50.9. The molecule has 18 bridgehead atoms. The fourth-order valence-corrected chi connectivity index (χ4v) is 37.1. The van der Waals surface area contributed by atoms with Crippen molar-refractivity contribution in [3.05, 3.63) is 0 Å². The van der Waals surface area contributed by atoms with Crippen LogP contribution in [0.15, 0.2) is 0 Å². The highest BCUT2D eigenvalue weighted by Gasteiger charge is 2.63. The van der Waals surface area contributed by atoms with Gasteiger partial charge in [-0.25, -0.2) is 0 Å². The molecule has 22 saturated carbocycles. The van der Waals surface area contributed by atoms with Crippen molar-refractivity contribution in [2.24, 2.45) is 226 Å². The molecule has 0 nitrogen and oxygen atoms in total. The zero-order valence-electron chi connectivity index (χ0n) is 77.1. The second-order valence-corrected chi connectivity index (χ2v) is 50.9. The SMILES string of the molecule is CC(C)[C@@]1(C)CC2CC1C1CCCC21.CC(C)[C@@]1(C)CC2CCC1C2.CC1(C)CC2CC1C1CCCC21.CC1(C)CC2CCC1C2.CCC(C)[C@@]1(C)CC2CC1C1CCCC21.CCC(C)[C@@]1(C)CC2CCC1C2.CCCC[C@@]1(C)CC2CCC1C2.CC[C@@]1(C)CC2CC1C1CCCC21.CC[C@@]1(C)CC2CCC1C2. The van der Waals surface area contributed by atoms with Crippen LogP contribution in [0.3, 0.4) is 0 Å². The standard InChI is InChI=1S/C15H26.C14H24.C13H22.C12H20.2C12H22.C11H20.C10H18.C9H16/c1-4-10(2)15(3)9-11-8-14(15)13-7-5-6-12(11)13;1-9(2)14(3)8-10-7-13(14)12-6-4-5-11(10)12;1-3-13(2)8-9-7-12(13)11-6-4-5-10(9)11;1-12(2)7-8-6-11(12)10-5-3-4-9(8)10;1-4-9(2)12(3)8-10-5-6-11(12)7-10;1-3-4-7-12(2)9-10-5-6-11(12)8-10;1-8(2)11(3)7-9-4-5-10(11)6-9;1-3-10(2)7-8-4-5-9(10)6-8;1-9(2)6-7-3-4-8(9)5-7/h10-14H,4-9H2,1-3H3;9-13H,4-8H2,1-3H3;9-12H,3-8H2,1-2H3;8-11H,3-7H2,1-2H3;9-11H,4-8H2,1-3H3;10-11H,3-9H2,1-2H3;8-10H,4-7H2,1-3H3;8-9H,3-7H2,1-2H3;7-8H,3-6H2,1-2H3/t10?,11?,12?,13?,14?,15-;10?,11?,12?,13?,14-;9?,10?,11?,12?,13-;;9?,10?,11?,12-;10?,11?,12-;9?,10?,11-;8?,9?,10-;/m110.1010./s1. The molecule has 0 amide bonds. The minimum atomic E-state index is 0.705. The van der Waals surface area contributed by atoms with Crippen LogP contribution >= 0.6 is 0 Å². The molecule has 622 valence electrons. The van der Waals surface area contributed by atoms with E-state index < -0.39 is 0 Å². The molecule has 108 heavy (non-hydrogen) atoms. The molecule has 0 spiro atoms. The van der Waals surface area contributed by atoms with Gasteiger partial charge in [-0.2, -0.15) is 0 Å². The first-order valence-corrected chi connectivity index (χ1v) is 51.2. The van der Waals surface area contributed by atoms with E-state index in [4.69, 9.17) is 0 Å². The van der Waals surface area contributed by atoms with Gasteiger partial charge in [0.2, 0.25) is 0 Å². The van der Waals surface area contributed by atoms with E-state index in [-0.39, 0.29) is 0 Å². The summed E-state index contributed by atoms with van der Waals surface area (Å²) in [4.78, 5) is 0. The number of hydrogen-bond donors (Lipinski definition) is 0. The van der Waals surface area contributed by atoms with Crippen molar-refractivity contribution < 1.29 is 0 Å².